The van der Waals surface area contributed by atoms with Crippen LogP contribution in [-0.2, 0) is 16.3 Å². The zero-order valence-corrected chi connectivity index (χ0v) is 14.0. The van der Waals surface area contributed by atoms with E-state index in [0.717, 1.165) is 35.9 Å². The predicted octanol–water partition coefficient (Wildman–Crippen LogP) is 1.77. The number of nitrogens with one attached hydrogen (secondary N) is 2. The predicted molar refractivity (Wildman–Crippen MR) is 85.6 cm³/mol. The van der Waals surface area contributed by atoms with Crippen molar-refractivity contribution in [1.29, 1.82) is 0 Å². The average Bonchev–Trinajstić information content (AvgIpc) is 2.67. The second kappa shape index (κ2) is 5.79. The van der Waals surface area contributed by atoms with E-state index in [9.17, 15) is 8.42 Å². The van der Waals surface area contributed by atoms with Crippen molar-refractivity contribution < 1.29 is 8.42 Å². The van der Waals surface area contributed by atoms with Crippen LogP contribution in [0.3, 0.4) is 0 Å². The molecule has 2 heterocycles. The third-order valence-electron chi connectivity index (χ3n) is 3.83. The molecule has 1 unspecified atom stereocenters. The summed E-state index contributed by atoms with van der Waals surface area (Å²) in [7, 11) is -1.11. The minimum absolute atomic E-state index is 0.154. The van der Waals surface area contributed by atoms with E-state index in [1.165, 1.54) is 0 Å². The molecule has 0 aliphatic carbocycles. The first kappa shape index (κ1) is 16.0. The van der Waals surface area contributed by atoms with Gasteiger partial charge in [0.1, 0.15) is 17.5 Å². The van der Waals surface area contributed by atoms with Crippen LogP contribution >= 0.6 is 0 Å². The maximum atomic E-state index is 11.7. The number of nitrogens with zero attached hydrogens (tertiary/aromatic N) is 2. The maximum absolute atomic E-state index is 11.7. The van der Waals surface area contributed by atoms with Crippen LogP contribution < -0.4 is 10.6 Å². The fraction of sp³-hybridized carbons (Fsp3) is 0.714. The molecule has 0 spiro atoms. The van der Waals surface area contributed by atoms with E-state index in [4.69, 9.17) is 0 Å². The summed E-state index contributed by atoms with van der Waals surface area (Å²) in [6.45, 7) is 5.97. The number of anilines is 2. The van der Waals surface area contributed by atoms with E-state index in [1.54, 1.807) is 0 Å². The topological polar surface area (TPSA) is 84.0 Å². The summed E-state index contributed by atoms with van der Waals surface area (Å²) in [4.78, 5) is 9.06. The zero-order chi connectivity index (χ0) is 15.7. The second-order valence-corrected chi connectivity index (χ2v) is 8.17. The first-order valence-corrected chi connectivity index (χ1v) is 9.14. The van der Waals surface area contributed by atoms with Crippen molar-refractivity contribution in [2.24, 2.45) is 0 Å². The monoisotopic (exact) mass is 312 g/mol. The lowest BCUT2D eigenvalue weighted by Gasteiger charge is -2.26. The molecule has 1 aromatic heterocycles. The maximum Gasteiger partial charge on any atom is 0.152 e. The number of hydrogen-bond acceptors (Lipinski definition) is 6. The van der Waals surface area contributed by atoms with Crippen molar-refractivity contribution in [1.82, 2.24) is 9.97 Å². The first-order valence-electron chi connectivity index (χ1n) is 7.32. The molecule has 7 heteroatoms. The Balaban J connectivity index is 2.33. The Hall–Kier alpha value is -1.37. The SMILES string of the molecule is CCCc1nc(NC)c(C)c(NC2(C)CCS(=O)(=O)C2)n1. The number of aromatic nitrogens is 2. The van der Waals surface area contributed by atoms with Crippen LogP contribution in [0.1, 0.15) is 38.1 Å². The third kappa shape index (κ3) is 3.64. The summed E-state index contributed by atoms with van der Waals surface area (Å²) in [6.07, 6.45) is 2.38. The normalized spacial score (nSPS) is 24.0. The quantitative estimate of drug-likeness (QED) is 0.862. The van der Waals surface area contributed by atoms with Crippen molar-refractivity contribution in [2.75, 3.05) is 29.2 Å². The Morgan fingerprint density at radius 3 is 2.48 bits per heavy atom. The van der Waals surface area contributed by atoms with Gasteiger partial charge in [-0.1, -0.05) is 6.92 Å². The van der Waals surface area contributed by atoms with Crippen LogP contribution in [0.25, 0.3) is 0 Å². The number of aryl methyl sites for hydroxylation is 1. The molecule has 1 fully saturated rings. The van der Waals surface area contributed by atoms with Gasteiger partial charge in [-0.25, -0.2) is 18.4 Å². The fourth-order valence-corrected chi connectivity index (χ4v) is 4.75. The van der Waals surface area contributed by atoms with Crippen LogP contribution in [0.5, 0.6) is 0 Å². The molecule has 2 N–H and O–H groups in total. The Morgan fingerprint density at radius 1 is 1.29 bits per heavy atom. The number of sulfone groups is 1. The minimum atomic E-state index is -2.94. The fourth-order valence-electron chi connectivity index (χ4n) is 2.66. The van der Waals surface area contributed by atoms with Crippen LogP contribution in [0.15, 0.2) is 0 Å². The second-order valence-electron chi connectivity index (χ2n) is 5.99. The molecule has 0 bridgehead atoms. The first-order chi connectivity index (χ1) is 9.78. The Morgan fingerprint density at radius 2 is 1.95 bits per heavy atom. The van der Waals surface area contributed by atoms with Crippen molar-refractivity contribution >= 4 is 21.5 Å². The van der Waals surface area contributed by atoms with Crippen molar-refractivity contribution in [3.63, 3.8) is 0 Å². The molecule has 21 heavy (non-hydrogen) atoms. The smallest absolute Gasteiger partial charge is 0.152 e. The van der Waals surface area contributed by atoms with Gasteiger partial charge in [0.15, 0.2) is 9.84 Å². The van der Waals surface area contributed by atoms with Crippen molar-refractivity contribution in [3.05, 3.63) is 11.4 Å². The van der Waals surface area contributed by atoms with Gasteiger partial charge >= 0.3 is 0 Å². The van der Waals surface area contributed by atoms with Gasteiger partial charge in [0.2, 0.25) is 0 Å². The molecule has 0 aromatic carbocycles. The number of hydrogen-bond donors (Lipinski definition) is 2. The Kier molecular flexibility index (Phi) is 4.41. The lowest BCUT2D eigenvalue weighted by atomic mass is 10.0. The van der Waals surface area contributed by atoms with Gasteiger partial charge in [-0.3, -0.25) is 0 Å². The molecule has 6 nitrogen and oxygen atoms in total. The van der Waals surface area contributed by atoms with Crippen LogP contribution in [0, 0.1) is 6.92 Å². The van der Waals surface area contributed by atoms with Crippen LogP contribution in [0.2, 0.25) is 0 Å². The van der Waals surface area contributed by atoms with Crippen LogP contribution in [-0.4, -0.2) is 42.5 Å². The van der Waals surface area contributed by atoms with E-state index >= 15 is 0 Å². The molecule has 0 radical (unpaired) electrons. The summed E-state index contributed by atoms with van der Waals surface area (Å²) in [6, 6.07) is 0. The van der Waals surface area contributed by atoms with E-state index in [1.807, 2.05) is 20.9 Å². The summed E-state index contributed by atoms with van der Waals surface area (Å²) >= 11 is 0. The Labute approximate surface area is 126 Å². The largest absolute Gasteiger partial charge is 0.373 e. The van der Waals surface area contributed by atoms with Gasteiger partial charge in [-0.2, -0.15) is 0 Å². The highest BCUT2D eigenvalue weighted by Crippen LogP contribution is 2.29. The van der Waals surface area contributed by atoms with Gasteiger partial charge in [-0.05, 0) is 26.7 Å². The molecule has 1 aliphatic heterocycles. The van der Waals surface area contributed by atoms with E-state index in [-0.39, 0.29) is 11.5 Å². The molecule has 2 rings (SSSR count). The van der Waals surface area contributed by atoms with E-state index in [0.29, 0.717) is 6.42 Å². The van der Waals surface area contributed by atoms with Gasteiger partial charge in [0.05, 0.1) is 17.0 Å². The highest BCUT2D eigenvalue weighted by molar-refractivity contribution is 7.91. The van der Waals surface area contributed by atoms with E-state index in [2.05, 4.69) is 27.5 Å². The van der Waals surface area contributed by atoms with Gasteiger partial charge in [0, 0.05) is 19.0 Å². The molecule has 1 aliphatic rings. The average molecular weight is 312 g/mol. The van der Waals surface area contributed by atoms with Crippen molar-refractivity contribution in [3.8, 4) is 0 Å². The molecular weight excluding hydrogens is 288 g/mol. The molecule has 0 amide bonds. The highest BCUT2D eigenvalue weighted by Gasteiger charge is 2.39. The van der Waals surface area contributed by atoms with E-state index < -0.39 is 15.4 Å². The highest BCUT2D eigenvalue weighted by atomic mass is 32.2. The third-order valence-corrected chi connectivity index (χ3v) is 5.73. The Bertz CT molecular complexity index is 630. The molecule has 1 atom stereocenters. The molecular formula is C14H24N4O2S. The summed E-state index contributed by atoms with van der Waals surface area (Å²) in [5.74, 6) is 2.69. The molecule has 0 saturated carbocycles. The number of rotatable bonds is 5. The van der Waals surface area contributed by atoms with Gasteiger partial charge in [0.25, 0.3) is 0 Å². The van der Waals surface area contributed by atoms with Gasteiger partial charge < -0.3 is 10.6 Å². The standard InChI is InChI=1S/C14H24N4O2S/c1-5-6-11-16-12(15-4)10(2)13(17-11)18-14(3)7-8-21(19,20)9-14/h5-9H2,1-4H3,(H2,15,16,17,18). The zero-order valence-electron chi connectivity index (χ0n) is 13.2. The summed E-state index contributed by atoms with van der Waals surface area (Å²) in [5, 5.41) is 6.42. The molecule has 1 saturated heterocycles. The lowest BCUT2D eigenvalue weighted by Crippen LogP contribution is -2.36. The van der Waals surface area contributed by atoms with Gasteiger partial charge in [-0.15, -0.1) is 0 Å². The van der Waals surface area contributed by atoms with Crippen molar-refractivity contribution in [2.45, 2.75) is 45.6 Å². The summed E-state index contributed by atoms with van der Waals surface area (Å²) < 4.78 is 23.5. The lowest BCUT2D eigenvalue weighted by molar-refractivity contribution is 0.570. The van der Waals surface area contributed by atoms with Crippen LogP contribution in [0.4, 0.5) is 11.6 Å². The summed E-state index contributed by atoms with van der Waals surface area (Å²) in [5.41, 5.74) is 0.467. The molecule has 1 aromatic rings. The molecule has 118 valence electrons. The minimum Gasteiger partial charge on any atom is -0.373 e.